The molecule has 6 heteroatoms. The predicted octanol–water partition coefficient (Wildman–Crippen LogP) is 1.36. The Balaban J connectivity index is 2.17. The SMILES string of the molecule is C[C@H]1O[C@@H](c2cccc([N+](=O)[O-])c2)OC[C@H]1N. The number of non-ortho nitro benzene ring substituents is 1. The van der Waals surface area contributed by atoms with Crippen molar-refractivity contribution >= 4 is 5.69 Å². The maximum Gasteiger partial charge on any atom is 0.269 e. The van der Waals surface area contributed by atoms with Gasteiger partial charge in [0.1, 0.15) is 0 Å². The zero-order valence-electron chi connectivity index (χ0n) is 9.41. The molecule has 1 fully saturated rings. The van der Waals surface area contributed by atoms with Crippen LogP contribution in [0.3, 0.4) is 0 Å². The number of nitrogens with two attached hydrogens (primary N) is 1. The summed E-state index contributed by atoms with van der Waals surface area (Å²) in [4.78, 5) is 10.2. The average Bonchev–Trinajstić information content (AvgIpc) is 2.33. The van der Waals surface area contributed by atoms with Crippen LogP contribution in [0.4, 0.5) is 5.69 Å². The highest BCUT2D eigenvalue weighted by Gasteiger charge is 2.27. The first kappa shape index (κ1) is 12.0. The number of nitro benzene ring substituents is 1. The lowest BCUT2D eigenvalue weighted by atomic mass is 10.1. The highest BCUT2D eigenvalue weighted by Crippen LogP contribution is 2.27. The summed E-state index contributed by atoms with van der Waals surface area (Å²) in [7, 11) is 0. The van der Waals surface area contributed by atoms with Crippen LogP contribution in [0.25, 0.3) is 0 Å². The second-order valence-corrected chi connectivity index (χ2v) is 4.02. The number of rotatable bonds is 2. The van der Waals surface area contributed by atoms with Crippen molar-refractivity contribution < 1.29 is 14.4 Å². The molecule has 0 amide bonds. The molecule has 2 rings (SSSR count). The van der Waals surface area contributed by atoms with Gasteiger partial charge < -0.3 is 15.2 Å². The van der Waals surface area contributed by atoms with Crippen molar-refractivity contribution in [3.8, 4) is 0 Å². The second-order valence-electron chi connectivity index (χ2n) is 4.02. The van der Waals surface area contributed by atoms with Gasteiger partial charge in [0, 0.05) is 17.7 Å². The molecule has 3 atom stereocenters. The normalized spacial score (nSPS) is 28.9. The fraction of sp³-hybridized carbons (Fsp3) is 0.455. The van der Waals surface area contributed by atoms with Crippen LogP contribution in [-0.2, 0) is 9.47 Å². The third-order valence-corrected chi connectivity index (χ3v) is 2.73. The van der Waals surface area contributed by atoms with Gasteiger partial charge in [0.2, 0.25) is 0 Å². The van der Waals surface area contributed by atoms with Gasteiger partial charge in [-0.15, -0.1) is 0 Å². The van der Waals surface area contributed by atoms with Gasteiger partial charge in [-0.2, -0.15) is 0 Å². The molecule has 0 aromatic heterocycles. The Morgan fingerprint density at radius 3 is 2.94 bits per heavy atom. The fourth-order valence-corrected chi connectivity index (χ4v) is 1.63. The van der Waals surface area contributed by atoms with Crippen LogP contribution in [0.15, 0.2) is 24.3 Å². The van der Waals surface area contributed by atoms with Gasteiger partial charge in [0.15, 0.2) is 6.29 Å². The summed E-state index contributed by atoms with van der Waals surface area (Å²) in [6.45, 7) is 2.24. The number of hydrogen-bond donors (Lipinski definition) is 1. The molecule has 1 saturated heterocycles. The molecule has 1 aromatic carbocycles. The van der Waals surface area contributed by atoms with E-state index < -0.39 is 11.2 Å². The Labute approximate surface area is 98.5 Å². The molecule has 0 radical (unpaired) electrons. The van der Waals surface area contributed by atoms with Gasteiger partial charge in [0.25, 0.3) is 5.69 Å². The van der Waals surface area contributed by atoms with E-state index in [4.69, 9.17) is 15.2 Å². The summed E-state index contributed by atoms with van der Waals surface area (Å²) in [5.74, 6) is 0. The highest BCUT2D eigenvalue weighted by molar-refractivity contribution is 5.34. The van der Waals surface area contributed by atoms with E-state index in [-0.39, 0.29) is 17.8 Å². The number of benzene rings is 1. The van der Waals surface area contributed by atoms with Crippen LogP contribution in [0.2, 0.25) is 0 Å². The van der Waals surface area contributed by atoms with Crippen LogP contribution in [0.1, 0.15) is 18.8 Å². The first-order chi connectivity index (χ1) is 8.08. The van der Waals surface area contributed by atoms with Crippen molar-refractivity contribution in [3.05, 3.63) is 39.9 Å². The molecule has 1 aliphatic heterocycles. The first-order valence-corrected chi connectivity index (χ1v) is 5.35. The van der Waals surface area contributed by atoms with E-state index in [1.165, 1.54) is 12.1 Å². The zero-order chi connectivity index (χ0) is 12.4. The van der Waals surface area contributed by atoms with Crippen molar-refractivity contribution in [2.24, 2.45) is 5.73 Å². The second kappa shape index (κ2) is 4.79. The average molecular weight is 238 g/mol. The van der Waals surface area contributed by atoms with E-state index in [1.54, 1.807) is 12.1 Å². The standard InChI is InChI=1S/C11H14N2O4/c1-7-10(12)6-16-11(17-7)8-3-2-4-9(5-8)13(14)15/h2-5,7,10-11H,6,12H2,1H3/t7-,10-,11+/m1/s1. The van der Waals surface area contributed by atoms with E-state index in [9.17, 15) is 10.1 Å². The molecule has 0 aliphatic carbocycles. The summed E-state index contributed by atoms with van der Waals surface area (Å²) < 4.78 is 11.0. The number of nitro groups is 1. The van der Waals surface area contributed by atoms with Crippen LogP contribution in [0, 0.1) is 10.1 Å². The molecule has 6 nitrogen and oxygen atoms in total. The minimum absolute atomic E-state index is 0.0252. The molecule has 0 unspecified atom stereocenters. The number of hydrogen-bond acceptors (Lipinski definition) is 5. The molecular formula is C11H14N2O4. The molecule has 1 aliphatic rings. The first-order valence-electron chi connectivity index (χ1n) is 5.35. The maximum atomic E-state index is 10.7. The molecule has 92 valence electrons. The summed E-state index contributed by atoms with van der Waals surface area (Å²) in [6.07, 6.45) is -0.710. The van der Waals surface area contributed by atoms with Crippen molar-refractivity contribution in [2.45, 2.75) is 25.4 Å². The van der Waals surface area contributed by atoms with Crippen LogP contribution >= 0.6 is 0 Å². The van der Waals surface area contributed by atoms with Gasteiger partial charge in [-0.25, -0.2) is 0 Å². The topological polar surface area (TPSA) is 87.6 Å². The molecule has 0 bridgehead atoms. The molecule has 0 spiro atoms. The van der Waals surface area contributed by atoms with Gasteiger partial charge in [-0.1, -0.05) is 12.1 Å². The smallest absolute Gasteiger partial charge is 0.269 e. The van der Waals surface area contributed by atoms with Gasteiger partial charge >= 0.3 is 0 Å². The number of ether oxygens (including phenoxy) is 2. The molecular weight excluding hydrogens is 224 g/mol. The van der Waals surface area contributed by atoms with Crippen molar-refractivity contribution in [3.63, 3.8) is 0 Å². The Morgan fingerprint density at radius 1 is 1.53 bits per heavy atom. The summed E-state index contributed by atoms with van der Waals surface area (Å²) in [6, 6.07) is 6.07. The van der Waals surface area contributed by atoms with E-state index >= 15 is 0 Å². The van der Waals surface area contributed by atoms with Crippen LogP contribution in [0.5, 0.6) is 0 Å². The van der Waals surface area contributed by atoms with E-state index in [2.05, 4.69) is 0 Å². The third kappa shape index (κ3) is 2.60. The quantitative estimate of drug-likeness (QED) is 0.620. The van der Waals surface area contributed by atoms with Crippen molar-refractivity contribution in [2.75, 3.05) is 6.61 Å². The Bertz CT molecular complexity index is 424. The monoisotopic (exact) mass is 238 g/mol. The lowest BCUT2D eigenvalue weighted by molar-refractivity contribution is -0.385. The molecule has 17 heavy (non-hydrogen) atoms. The highest BCUT2D eigenvalue weighted by atomic mass is 16.7. The maximum absolute atomic E-state index is 10.7. The number of nitrogens with zero attached hydrogens (tertiary/aromatic N) is 1. The molecule has 1 heterocycles. The largest absolute Gasteiger partial charge is 0.347 e. The minimum Gasteiger partial charge on any atom is -0.347 e. The third-order valence-electron chi connectivity index (χ3n) is 2.73. The van der Waals surface area contributed by atoms with Crippen molar-refractivity contribution in [1.29, 1.82) is 0 Å². The fourth-order valence-electron chi connectivity index (χ4n) is 1.63. The summed E-state index contributed by atoms with van der Waals surface area (Å²) in [5.41, 5.74) is 6.40. The van der Waals surface area contributed by atoms with Crippen LogP contribution < -0.4 is 5.73 Å². The molecule has 1 aromatic rings. The lowest BCUT2D eigenvalue weighted by Crippen LogP contribution is -2.44. The Morgan fingerprint density at radius 2 is 2.29 bits per heavy atom. The van der Waals surface area contributed by atoms with Gasteiger partial charge in [-0.3, -0.25) is 10.1 Å². The predicted molar refractivity (Wildman–Crippen MR) is 60.3 cm³/mol. The summed E-state index contributed by atoms with van der Waals surface area (Å²) >= 11 is 0. The summed E-state index contributed by atoms with van der Waals surface area (Å²) in [5, 5.41) is 10.7. The van der Waals surface area contributed by atoms with Gasteiger partial charge in [-0.05, 0) is 6.92 Å². The molecule has 0 saturated carbocycles. The molecule has 2 N–H and O–H groups in total. The van der Waals surface area contributed by atoms with E-state index in [0.717, 1.165) is 0 Å². The van der Waals surface area contributed by atoms with E-state index in [0.29, 0.717) is 12.2 Å². The Kier molecular flexibility index (Phi) is 3.37. The van der Waals surface area contributed by atoms with Crippen LogP contribution in [-0.4, -0.2) is 23.7 Å². The van der Waals surface area contributed by atoms with Crippen molar-refractivity contribution in [1.82, 2.24) is 0 Å². The lowest BCUT2D eigenvalue weighted by Gasteiger charge is -2.32. The minimum atomic E-state index is -0.579. The zero-order valence-corrected chi connectivity index (χ0v) is 9.41. The van der Waals surface area contributed by atoms with E-state index in [1.807, 2.05) is 6.92 Å². The van der Waals surface area contributed by atoms with Gasteiger partial charge in [0.05, 0.1) is 23.7 Å². The Hall–Kier alpha value is -1.50.